The van der Waals surface area contributed by atoms with E-state index in [1.54, 1.807) is 10.9 Å². The van der Waals surface area contributed by atoms with Gasteiger partial charge in [0.25, 0.3) is 0 Å². The molecule has 104 valence electrons. The lowest BCUT2D eigenvalue weighted by atomic mass is 10.1. The van der Waals surface area contributed by atoms with Gasteiger partial charge in [-0.2, -0.15) is 0 Å². The summed E-state index contributed by atoms with van der Waals surface area (Å²) in [5.41, 5.74) is 6.85. The molecular formula is C11H17N5O3. The normalized spacial score (nSPS) is 14.7. The van der Waals surface area contributed by atoms with Crippen LogP contribution in [0.25, 0.3) is 11.2 Å². The van der Waals surface area contributed by atoms with E-state index in [0.717, 1.165) is 0 Å². The van der Waals surface area contributed by atoms with Gasteiger partial charge < -0.3 is 25.3 Å². The van der Waals surface area contributed by atoms with Gasteiger partial charge in [-0.05, 0) is 6.42 Å². The summed E-state index contributed by atoms with van der Waals surface area (Å²) in [7, 11) is 1.45. The topological polar surface area (TPSA) is 119 Å². The number of aliphatic hydroxyl groups excluding tert-OH is 2. The summed E-state index contributed by atoms with van der Waals surface area (Å²) in [6.07, 6.45) is 2.04. The van der Waals surface area contributed by atoms with E-state index in [1.165, 1.54) is 13.4 Å². The third-order valence-electron chi connectivity index (χ3n) is 3.01. The van der Waals surface area contributed by atoms with Crippen molar-refractivity contribution in [2.45, 2.75) is 25.2 Å². The Labute approximate surface area is 109 Å². The van der Waals surface area contributed by atoms with Gasteiger partial charge in [0.2, 0.25) is 0 Å². The van der Waals surface area contributed by atoms with Crippen molar-refractivity contribution in [3.63, 3.8) is 0 Å². The average Bonchev–Trinajstić information content (AvgIpc) is 2.82. The highest BCUT2D eigenvalue weighted by Crippen LogP contribution is 2.15. The van der Waals surface area contributed by atoms with Crippen LogP contribution < -0.4 is 5.73 Å². The number of nitrogens with two attached hydrogens (primary N) is 1. The predicted octanol–water partition coefficient (Wildman–Crippen LogP) is -0.833. The van der Waals surface area contributed by atoms with E-state index < -0.39 is 12.2 Å². The van der Waals surface area contributed by atoms with E-state index in [2.05, 4.69) is 15.0 Å². The first kappa shape index (κ1) is 13.7. The summed E-state index contributed by atoms with van der Waals surface area (Å²) in [6.45, 7) is 0.269. The van der Waals surface area contributed by atoms with Gasteiger partial charge in [-0.3, -0.25) is 0 Å². The number of aliphatic hydroxyl groups is 2. The van der Waals surface area contributed by atoms with Gasteiger partial charge in [-0.25, -0.2) is 15.0 Å². The summed E-state index contributed by atoms with van der Waals surface area (Å²) in [6, 6.07) is 0. The SMILES string of the molecule is CO[C@@H](CO)[C@@H](O)CCn1cnc2c(N)ncnc21. The molecule has 0 saturated heterocycles. The molecule has 0 bridgehead atoms. The van der Waals surface area contributed by atoms with Gasteiger partial charge in [0.1, 0.15) is 17.9 Å². The van der Waals surface area contributed by atoms with Gasteiger partial charge in [-0.1, -0.05) is 0 Å². The van der Waals surface area contributed by atoms with Gasteiger partial charge >= 0.3 is 0 Å². The zero-order valence-corrected chi connectivity index (χ0v) is 10.6. The maximum Gasteiger partial charge on any atom is 0.165 e. The van der Waals surface area contributed by atoms with E-state index >= 15 is 0 Å². The molecule has 0 aliphatic carbocycles. The maximum absolute atomic E-state index is 9.86. The Morgan fingerprint density at radius 1 is 1.42 bits per heavy atom. The van der Waals surface area contributed by atoms with Crippen molar-refractivity contribution in [3.8, 4) is 0 Å². The van der Waals surface area contributed by atoms with Crippen LogP contribution in [-0.4, -0.2) is 55.7 Å². The molecule has 2 rings (SSSR count). The molecule has 2 aromatic heterocycles. The van der Waals surface area contributed by atoms with E-state index in [0.29, 0.717) is 29.9 Å². The predicted molar refractivity (Wildman–Crippen MR) is 68.2 cm³/mol. The largest absolute Gasteiger partial charge is 0.394 e. The minimum Gasteiger partial charge on any atom is -0.394 e. The molecule has 0 radical (unpaired) electrons. The lowest BCUT2D eigenvalue weighted by Gasteiger charge is -2.19. The highest BCUT2D eigenvalue weighted by atomic mass is 16.5. The second-order valence-electron chi connectivity index (χ2n) is 4.18. The fourth-order valence-corrected chi connectivity index (χ4v) is 1.87. The first-order valence-electron chi connectivity index (χ1n) is 5.90. The smallest absolute Gasteiger partial charge is 0.165 e. The van der Waals surface area contributed by atoms with Crippen LogP contribution in [0.15, 0.2) is 12.7 Å². The Bertz CT molecular complexity index is 540. The van der Waals surface area contributed by atoms with Gasteiger partial charge in [0, 0.05) is 13.7 Å². The minimum absolute atomic E-state index is 0.225. The van der Waals surface area contributed by atoms with Crippen LogP contribution in [0, 0.1) is 0 Å². The number of hydrogen-bond donors (Lipinski definition) is 3. The van der Waals surface area contributed by atoms with Crippen molar-refractivity contribution < 1.29 is 14.9 Å². The maximum atomic E-state index is 9.86. The molecule has 8 nitrogen and oxygen atoms in total. The molecule has 0 fully saturated rings. The third-order valence-corrected chi connectivity index (χ3v) is 3.01. The van der Waals surface area contributed by atoms with Crippen LogP contribution in [0.3, 0.4) is 0 Å². The molecule has 0 saturated carbocycles. The number of aromatic nitrogens is 4. The zero-order chi connectivity index (χ0) is 13.8. The molecule has 0 amide bonds. The van der Waals surface area contributed by atoms with Crippen LogP contribution in [0.2, 0.25) is 0 Å². The molecule has 0 spiro atoms. The van der Waals surface area contributed by atoms with E-state index in [1.807, 2.05) is 0 Å². The first-order valence-corrected chi connectivity index (χ1v) is 5.90. The van der Waals surface area contributed by atoms with Crippen molar-refractivity contribution in [2.24, 2.45) is 0 Å². The summed E-state index contributed by atoms with van der Waals surface area (Å²) in [5, 5.41) is 18.9. The Hall–Kier alpha value is -1.77. The molecule has 0 aliphatic rings. The van der Waals surface area contributed by atoms with Gasteiger partial charge in [0.05, 0.1) is 19.0 Å². The van der Waals surface area contributed by atoms with Crippen LogP contribution in [-0.2, 0) is 11.3 Å². The number of fused-ring (bicyclic) bond motifs is 1. The second-order valence-corrected chi connectivity index (χ2v) is 4.18. The summed E-state index contributed by atoms with van der Waals surface area (Å²) >= 11 is 0. The summed E-state index contributed by atoms with van der Waals surface area (Å²) in [4.78, 5) is 12.1. The van der Waals surface area contributed by atoms with E-state index in [4.69, 9.17) is 15.6 Å². The number of methoxy groups -OCH3 is 1. The van der Waals surface area contributed by atoms with Crippen LogP contribution in [0.4, 0.5) is 5.82 Å². The van der Waals surface area contributed by atoms with E-state index in [9.17, 15) is 5.11 Å². The number of anilines is 1. The average molecular weight is 267 g/mol. The molecule has 0 aliphatic heterocycles. The van der Waals surface area contributed by atoms with Gasteiger partial charge in [0.15, 0.2) is 11.5 Å². The van der Waals surface area contributed by atoms with Crippen molar-refractivity contribution in [2.75, 3.05) is 19.5 Å². The number of imidazole rings is 1. The molecule has 8 heteroatoms. The minimum atomic E-state index is -0.758. The highest BCUT2D eigenvalue weighted by molar-refractivity contribution is 5.80. The summed E-state index contributed by atoms with van der Waals surface area (Å²) in [5.74, 6) is 0.328. The number of rotatable bonds is 6. The Morgan fingerprint density at radius 2 is 2.21 bits per heavy atom. The van der Waals surface area contributed by atoms with Crippen molar-refractivity contribution in [1.82, 2.24) is 19.5 Å². The van der Waals surface area contributed by atoms with Crippen LogP contribution >= 0.6 is 0 Å². The van der Waals surface area contributed by atoms with E-state index in [-0.39, 0.29) is 6.61 Å². The fourth-order valence-electron chi connectivity index (χ4n) is 1.87. The molecule has 0 unspecified atom stereocenters. The summed E-state index contributed by atoms with van der Waals surface area (Å²) < 4.78 is 6.75. The fraction of sp³-hybridized carbons (Fsp3) is 0.545. The second kappa shape index (κ2) is 5.91. The molecule has 2 heterocycles. The lowest BCUT2D eigenvalue weighted by Crippen LogP contribution is -2.32. The number of nitrogen functional groups attached to an aromatic ring is 1. The number of aryl methyl sites for hydroxylation is 1. The first-order chi connectivity index (χ1) is 9.17. The zero-order valence-electron chi connectivity index (χ0n) is 10.6. The Kier molecular flexibility index (Phi) is 4.25. The number of nitrogens with zero attached hydrogens (tertiary/aromatic N) is 4. The quantitative estimate of drug-likeness (QED) is 0.624. The van der Waals surface area contributed by atoms with Crippen molar-refractivity contribution in [1.29, 1.82) is 0 Å². The van der Waals surface area contributed by atoms with Gasteiger partial charge in [-0.15, -0.1) is 0 Å². The van der Waals surface area contributed by atoms with Crippen molar-refractivity contribution in [3.05, 3.63) is 12.7 Å². The van der Waals surface area contributed by atoms with Crippen LogP contribution in [0.5, 0.6) is 0 Å². The van der Waals surface area contributed by atoms with Crippen molar-refractivity contribution >= 4 is 17.0 Å². The molecule has 2 atom stereocenters. The highest BCUT2D eigenvalue weighted by Gasteiger charge is 2.18. The molecule has 4 N–H and O–H groups in total. The number of ether oxygens (including phenoxy) is 1. The molecule has 0 aromatic carbocycles. The standard InChI is InChI=1S/C11H17N5O3/c1-19-8(4-17)7(18)2-3-16-6-15-9-10(12)13-5-14-11(9)16/h5-8,17-18H,2-4H2,1H3,(H2,12,13,14)/t7-,8-/m0/s1. The van der Waals surface area contributed by atoms with Crippen LogP contribution in [0.1, 0.15) is 6.42 Å². The molecule has 2 aromatic rings. The number of hydrogen-bond acceptors (Lipinski definition) is 7. The molecule has 19 heavy (non-hydrogen) atoms. The lowest BCUT2D eigenvalue weighted by molar-refractivity contribution is -0.0451. The Balaban J connectivity index is 2.08. The monoisotopic (exact) mass is 267 g/mol. The molecular weight excluding hydrogens is 250 g/mol. The third kappa shape index (κ3) is 2.80. The Morgan fingerprint density at radius 3 is 2.89 bits per heavy atom.